The number of alkyl halides is 1. The Morgan fingerprint density at radius 3 is 2.82 bits per heavy atom. The smallest absolute Gasteiger partial charge is 0.115 e. The maximum atomic E-state index is 9.11. The zero-order valence-corrected chi connectivity index (χ0v) is 8.01. The Kier molecular flexibility index (Phi) is 2.94. The molecular formula is C9H11BrO. The summed E-state index contributed by atoms with van der Waals surface area (Å²) in [6.07, 6.45) is 0.953. The molecule has 1 nitrogen and oxygen atoms in total. The second-order valence-electron chi connectivity index (χ2n) is 2.65. The summed E-state index contributed by atoms with van der Waals surface area (Å²) in [6.45, 7) is 2.09. The van der Waals surface area contributed by atoms with Gasteiger partial charge in [-0.2, -0.15) is 0 Å². The van der Waals surface area contributed by atoms with E-state index in [1.807, 2.05) is 12.1 Å². The van der Waals surface area contributed by atoms with Crippen molar-refractivity contribution >= 4 is 15.9 Å². The normalized spacial score (nSPS) is 12.9. The summed E-state index contributed by atoms with van der Waals surface area (Å²) in [5.41, 5.74) is 1.16. The highest BCUT2D eigenvalue weighted by Gasteiger charge is 1.98. The van der Waals surface area contributed by atoms with E-state index in [1.54, 1.807) is 12.1 Å². The van der Waals surface area contributed by atoms with Crippen LogP contribution < -0.4 is 0 Å². The number of phenols is 1. The van der Waals surface area contributed by atoms with E-state index in [0.717, 1.165) is 12.0 Å². The molecule has 0 aliphatic carbocycles. The van der Waals surface area contributed by atoms with Gasteiger partial charge in [0.05, 0.1) is 0 Å². The van der Waals surface area contributed by atoms with Crippen LogP contribution in [0.15, 0.2) is 24.3 Å². The number of aromatic hydroxyl groups is 1. The lowest BCUT2D eigenvalue weighted by Gasteiger charge is -2.02. The molecule has 2 heteroatoms. The number of hydrogen-bond acceptors (Lipinski definition) is 1. The van der Waals surface area contributed by atoms with Gasteiger partial charge in [0, 0.05) is 4.83 Å². The van der Waals surface area contributed by atoms with Crippen molar-refractivity contribution in [2.24, 2.45) is 0 Å². The van der Waals surface area contributed by atoms with Gasteiger partial charge in [0.25, 0.3) is 0 Å². The van der Waals surface area contributed by atoms with E-state index >= 15 is 0 Å². The molecule has 0 bridgehead atoms. The van der Waals surface area contributed by atoms with Crippen molar-refractivity contribution in [1.29, 1.82) is 0 Å². The summed E-state index contributed by atoms with van der Waals surface area (Å²) in [5.74, 6) is 0.343. The first-order valence-corrected chi connectivity index (χ1v) is 4.52. The molecule has 1 unspecified atom stereocenters. The van der Waals surface area contributed by atoms with Gasteiger partial charge in [-0.25, -0.2) is 0 Å². The highest BCUT2D eigenvalue weighted by atomic mass is 79.9. The van der Waals surface area contributed by atoms with Gasteiger partial charge in [-0.05, 0) is 24.1 Å². The van der Waals surface area contributed by atoms with Crippen molar-refractivity contribution < 1.29 is 5.11 Å². The highest BCUT2D eigenvalue weighted by Crippen LogP contribution is 2.14. The minimum Gasteiger partial charge on any atom is -0.508 e. The zero-order valence-electron chi connectivity index (χ0n) is 6.42. The first-order chi connectivity index (χ1) is 5.18. The lowest BCUT2D eigenvalue weighted by Crippen LogP contribution is -1.95. The minimum absolute atomic E-state index is 0.343. The summed E-state index contributed by atoms with van der Waals surface area (Å²) in [7, 11) is 0. The monoisotopic (exact) mass is 214 g/mol. The largest absolute Gasteiger partial charge is 0.508 e. The van der Waals surface area contributed by atoms with E-state index in [1.165, 1.54) is 0 Å². The molecule has 1 atom stereocenters. The summed E-state index contributed by atoms with van der Waals surface area (Å²) in [6, 6.07) is 7.34. The molecule has 0 saturated carbocycles. The lowest BCUT2D eigenvalue weighted by molar-refractivity contribution is 0.474. The number of halogens is 1. The first-order valence-electron chi connectivity index (χ1n) is 3.60. The zero-order chi connectivity index (χ0) is 8.27. The van der Waals surface area contributed by atoms with Crippen LogP contribution in [0.25, 0.3) is 0 Å². The molecule has 0 amide bonds. The SMILES string of the molecule is CC(Br)Cc1cccc(O)c1. The van der Waals surface area contributed by atoms with Crippen LogP contribution in [0.4, 0.5) is 0 Å². The topological polar surface area (TPSA) is 20.2 Å². The summed E-state index contributed by atoms with van der Waals surface area (Å²) in [5, 5.41) is 9.11. The van der Waals surface area contributed by atoms with E-state index in [4.69, 9.17) is 5.11 Å². The number of phenolic OH excluding ortho intramolecular Hbond substituents is 1. The maximum Gasteiger partial charge on any atom is 0.115 e. The molecule has 60 valence electrons. The molecule has 0 radical (unpaired) electrons. The molecule has 0 saturated heterocycles. The Morgan fingerprint density at radius 1 is 1.55 bits per heavy atom. The molecule has 0 aliphatic rings. The fourth-order valence-corrected chi connectivity index (χ4v) is 1.38. The summed E-state index contributed by atoms with van der Waals surface area (Å²) >= 11 is 3.45. The van der Waals surface area contributed by atoms with Gasteiger partial charge in [-0.3, -0.25) is 0 Å². The second-order valence-corrected chi connectivity index (χ2v) is 4.22. The van der Waals surface area contributed by atoms with Gasteiger partial charge in [-0.15, -0.1) is 0 Å². The molecule has 11 heavy (non-hydrogen) atoms. The Morgan fingerprint density at radius 2 is 2.27 bits per heavy atom. The standard InChI is InChI=1S/C9H11BrO/c1-7(10)5-8-3-2-4-9(11)6-8/h2-4,6-7,11H,5H2,1H3. The second kappa shape index (κ2) is 3.77. The number of rotatable bonds is 2. The third kappa shape index (κ3) is 2.93. The molecule has 0 fully saturated rings. The van der Waals surface area contributed by atoms with Crippen molar-refractivity contribution in [2.45, 2.75) is 18.2 Å². The predicted molar refractivity (Wildman–Crippen MR) is 50.2 cm³/mol. The van der Waals surface area contributed by atoms with Gasteiger partial charge < -0.3 is 5.11 Å². The van der Waals surface area contributed by atoms with E-state index in [2.05, 4.69) is 22.9 Å². The first kappa shape index (κ1) is 8.60. The Hall–Kier alpha value is -0.500. The van der Waals surface area contributed by atoms with Gasteiger partial charge >= 0.3 is 0 Å². The lowest BCUT2D eigenvalue weighted by atomic mass is 10.1. The molecule has 1 aromatic carbocycles. The van der Waals surface area contributed by atoms with Crippen molar-refractivity contribution in [2.75, 3.05) is 0 Å². The Balaban J connectivity index is 2.71. The number of benzene rings is 1. The Labute approximate surface area is 75.2 Å². The van der Waals surface area contributed by atoms with Crippen LogP contribution in [0.1, 0.15) is 12.5 Å². The Bertz CT molecular complexity index is 233. The van der Waals surface area contributed by atoms with Crippen LogP contribution in [0.2, 0.25) is 0 Å². The molecule has 0 heterocycles. The molecule has 1 N–H and O–H groups in total. The molecule has 0 aromatic heterocycles. The average molecular weight is 215 g/mol. The molecule has 0 aliphatic heterocycles. The quantitative estimate of drug-likeness (QED) is 0.752. The van der Waals surface area contributed by atoms with Crippen LogP contribution in [0.3, 0.4) is 0 Å². The molecule has 1 aromatic rings. The van der Waals surface area contributed by atoms with Crippen molar-refractivity contribution in [3.05, 3.63) is 29.8 Å². The fraction of sp³-hybridized carbons (Fsp3) is 0.333. The average Bonchev–Trinajstić information content (AvgIpc) is 1.85. The third-order valence-corrected chi connectivity index (χ3v) is 1.75. The van der Waals surface area contributed by atoms with Crippen LogP contribution in [0, 0.1) is 0 Å². The fourth-order valence-electron chi connectivity index (χ4n) is 1.01. The summed E-state index contributed by atoms with van der Waals surface area (Å²) < 4.78 is 0. The van der Waals surface area contributed by atoms with Crippen LogP contribution in [-0.2, 0) is 6.42 Å². The highest BCUT2D eigenvalue weighted by molar-refractivity contribution is 9.09. The predicted octanol–water partition coefficient (Wildman–Crippen LogP) is 2.72. The van der Waals surface area contributed by atoms with E-state index in [0.29, 0.717) is 10.6 Å². The van der Waals surface area contributed by atoms with Crippen molar-refractivity contribution in [3.63, 3.8) is 0 Å². The summed E-state index contributed by atoms with van der Waals surface area (Å²) in [4.78, 5) is 0.462. The maximum absolute atomic E-state index is 9.11. The van der Waals surface area contributed by atoms with E-state index in [9.17, 15) is 0 Å². The van der Waals surface area contributed by atoms with Gasteiger partial charge in [0.2, 0.25) is 0 Å². The van der Waals surface area contributed by atoms with Gasteiger partial charge in [-0.1, -0.05) is 35.0 Å². The van der Waals surface area contributed by atoms with Crippen molar-refractivity contribution in [1.82, 2.24) is 0 Å². The van der Waals surface area contributed by atoms with E-state index < -0.39 is 0 Å². The third-order valence-electron chi connectivity index (χ3n) is 1.43. The minimum atomic E-state index is 0.343. The molecule has 1 rings (SSSR count). The number of hydrogen-bond donors (Lipinski definition) is 1. The van der Waals surface area contributed by atoms with Crippen LogP contribution in [0.5, 0.6) is 5.75 Å². The molecule has 0 spiro atoms. The van der Waals surface area contributed by atoms with Crippen LogP contribution >= 0.6 is 15.9 Å². The van der Waals surface area contributed by atoms with Crippen LogP contribution in [-0.4, -0.2) is 9.93 Å². The van der Waals surface area contributed by atoms with Crippen molar-refractivity contribution in [3.8, 4) is 5.75 Å². The van der Waals surface area contributed by atoms with E-state index in [-0.39, 0.29) is 0 Å². The van der Waals surface area contributed by atoms with Gasteiger partial charge in [0.15, 0.2) is 0 Å². The van der Waals surface area contributed by atoms with Gasteiger partial charge in [0.1, 0.15) is 5.75 Å². The molecular weight excluding hydrogens is 204 g/mol.